The molecule has 0 radical (unpaired) electrons. The molecule has 180 valence electrons. The molecule has 1 aromatic carbocycles. The summed E-state index contributed by atoms with van der Waals surface area (Å²) in [5.41, 5.74) is 2.44. The maximum absolute atomic E-state index is 13.3. The number of rotatable bonds is 7. The van der Waals surface area contributed by atoms with Gasteiger partial charge >= 0.3 is 5.97 Å². The van der Waals surface area contributed by atoms with Gasteiger partial charge in [0.05, 0.1) is 11.6 Å². The lowest BCUT2D eigenvalue weighted by Crippen LogP contribution is -2.46. The highest BCUT2D eigenvalue weighted by molar-refractivity contribution is 6.04. The molecule has 1 aliphatic heterocycles. The number of benzene rings is 1. The number of aryl methyl sites for hydroxylation is 1. The number of nitrogens with zero attached hydrogens (tertiary/aromatic N) is 1. The number of aromatic amines is 1. The van der Waals surface area contributed by atoms with E-state index in [9.17, 15) is 14.7 Å². The minimum atomic E-state index is -1.01. The first kappa shape index (κ1) is 21.8. The maximum atomic E-state index is 13.3. The molecule has 5 aliphatic rings. The lowest BCUT2D eigenvalue weighted by molar-refractivity contribution is -0.0570. The van der Waals surface area contributed by atoms with E-state index in [1.54, 1.807) is 12.1 Å². The van der Waals surface area contributed by atoms with Crippen LogP contribution in [0.3, 0.4) is 0 Å². The number of hydrogen-bond donors (Lipinski definition) is 4. The molecule has 4 aliphatic carbocycles. The van der Waals surface area contributed by atoms with E-state index in [0.29, 0.717) is 16.8 Å². The summed E-state index contributed by atoms with van der Waals surface area (Å²) in [5, 5.41) is 15.6. The van der Waals surface area contributed by atoms with Gasteiger partial charge in [0.15, 0.2) is 0 Å². The van der Waals surface area contributed by atoms with Crippen LogP contribution in [-0.4, -0.2) is 33.5 Å². The number of imidazole rings is 1. The van der Waals surface area contributed by atoms with E-state index < -0.39 is 5.97 Å². The van der Waals surface area contributed by atoms with Gasteiger partial charge in [-0.25, -0.2) is 9.78 Å². The quantitative estimate of drug-likeness (QED) is 0.467. The minimum Gasteiger partial charge on any atom is -0.478 e. The molecule has 0 spiro atoms. The number of carbonyl (C=O) groups excluding carboxylic acids is 1. The molecule has 7 rings (SSSR count). The first-order valence-electron chi connectivity index (χ1n) is 12.9. The van der Waals surface area contributed by atoms with Crippen molar-refractivity contribution in [3.63, 3.8) is 0 Å². The number of anilines is 1. The first-order valence-corrected chi connectivity index (χ1v) is 12.9. The summed E-state index contributed by atoms with van der Waals surface area (Å²) in [5.74, 6) is 2.30. The van der Waals surface area contributed by atoms with E-state index in [1.807, 2.05) is 0 Å². The summed E-state index contributed by atoms with van der Waals surface area (Å²) in [6.07, 6.45) is 12.4. The van der Waals surface area contributed by atoms with Crippen LogP contribution in [0, 0.1) is 23.2 Å². The average molecular weight is 463 g/mol. The molecule has 4 saturated carbocycles. The fraction of sp³-hybridized carbons (Fsp3) is 0.593. The minimum absolute atomic E-state index is 0.151. The van der Waals surface area contributed by atoms with Gasteiger partial charge in [0.1, 0.15) is 11.5 Å². The number of H-pyrrole nitrogens is 1. The van der Waals surface area contributed by atoms with Crippen LogP contribution in [-0.2, 0) is 6.42 Å². The van der Waals surface area contributed by atoms with Crippen molar-refractivity contribution in [3.8, 4) is 0 Å². The molecule has 1 unspecified atom stereocenters. The Bertz CT molecular complexity index is 1070. The Hall–Kier alpha value is -2.67. The van der Waals surface area contributed by atoms with Gasteiger partial charge in [0, 0.05) is 11.4 Å². The highest BCUT2D eigenvalue weighted by Gasteiger charge is 2.50. The van der Waals surface area contributed by atoms with E-state index in [0.717, 1.165) is 61.5 Å². The molecule has 5 fully saturated rings. The van der Waals surface area contributed by atoms with Crippen LogP contribution in [0.15, 0.2) is 24.3 Å². The van der Waals surface area contributed by atoms with Crippen molar-refractivity contribution in [2.24, 2.45) is 23.2 Å². The van der Waals surface area contributed by atoms with Crippen molar-refractivity contribution < 1.29 is 14.7 Å². The molecule has 1 amide bonds. The Morgan fingerprint density at radius 3 is 2.50 bits per heavy atom. The van der Waals surface area contributed by atoms with Gasteiger partial charge in [0.25, 0.3) is 5.91 Å². The number of carboxylic acids is 1. The van der Waals surface area contributed by atoms with Crippen LogP contribution in [0.2, 0.25) is 0 Å². The predicted molar refractivity (Wildman–Crippen MR) is 129 cm³/mol. The number of carboxylic acid groups (broad SMARTS) is 1. The number of amides is 1. The van der Waals surface area contributed by atoms with Gasteiger partial charge in [-0.2, -0.15) is 0 Å². The normalized spacial score (nSPS) is 31.6. The number of carbonyl (C=O) groups is 2. The number of aromatic nitrogens is 2. The second kappa shape index (κ2) is 8.52. The molecule has 4 bridgehead atoms. The largest absolute Gasteiger partial charge is 0.478 e. The van der Waals surface area contributed by atoms with Crippen molar-refractivity contribution >= 4 is 17.6 Å². The van der Waals surface area contributed by atoms with Gasteiger partial charge in [-0.05, 0) is 112 Å². The lowest BCUT2D eigenvalue weighted by atomic mass is 9.48. The Kier molecular flexibility index (Phi) is 5.47. The van der Waals surface area contributed by atoms with Gasteiger partial charge in [-0.1, -0.05) is 6.07 Å². The third-order valence-electron chi connectivity index (χ3n) is 8.84. The second-order valence-electron chi connectivity index (χ2n) is 11.4. The standard InChI is InChI=1S/C27H34N4O3/c32-25(29-20-4-1-3-19(12-20)26(33)34)23-21(30-24(31-23)22-5-2-8-28-22)6-7-27-13-16-9-17(14-27)11-18(10-16)15-27/h1,3-4,12,16-18,22,28H,2,5-11,13-15H2,(H,29,32)(H,30,31)(H,33,34). The molecule has 7 heteroatoms. The van der Waals surface area contributed by atoms with Crippen LogP contribution < -0.4 is 10.6 Å². The zero-order valence-corrected chi connectivity index (χ0v) is 19.6. The third kappa shape index (κ3) is 4.15. The first-order chi connectivity index (χ1) is 16.5. The van der Waals surface area contributed by atoms with Crippen molar-refractivity contribution in [1.82, 2.24) is 15.3 Å². The van der Waals surface area contributed by atoms with E-state index in [4.69, 9.17) is 4.98 Å². The predicted octanol–water partition coefficient (Wildman–Crippen LogP) is 4.93. The number of nitrogens with one attached hydrogen (secondary N) is 3. The zero-order chi connectivity index (χ0) is 23.3. The van der Waals surface area contributed by atoms with Crippen LogP contribution in [0.1, 0.15) is 96.2 Å². The zero-order valence-electron chi connectivity index (χ0n) is 19.6. The molecule has 1 aromatic heterocycles. The molecule has 1 saturated heterocycles. The van der Waals surface area contributed by atoms with E-state index in [-0.39, 0.29) is 17.5 Å². The fourth-order valence-corrected chi connectivity index (χ4v) is 7.79. The molecular formula is C27H34N4O3. The van der Waals surface area contributed by atoms with Gasteiger partial charge in [-0.15, -0.1) is 0 Å². The van der Waals surface area contributed by atoms with Gasteiger partial charge in [-0.3, -0.25) is 4.79 Å². The maximum Gasteiger partial charge on any atom is 0.335 e. The third-order valence-corrected chi connectivity index (χ3v) is 8.84. The summed E-state index contributed by atoms with van der Waals surface area (Å²) in [4.78, 5) is 32.9. The van der Waals surface area contributed by atoms with Crippen molar-refractivity contribution in [3.05, 3.63) is 47.0 Å². The Morgan fingerprint density at radius 2 is 1.85 bits per heavy atom. The van der Waals surface area contributed by atoms with Crippen molar-refractivity contribution in [1.29, 1.82) is 0 Å². The summed E-state index contributed by atoms with van der Waals surface area (Å²) in [7, 11) is 0. The second-order valence-corrected chi connectivity index (χ2v) is 11.4. The Balaban J connectivity index is 1.23. The summed E-state index contributed by atoms with van der Waals surface area (Å²) in [6, 6.07) is 6.53. The highest BCUT2D eigenvalue weighted by atomic mass is 16.4. The average Bonchev–Trinajstić information content (AvgIpc) is 3.47. The molecule has 1 atom stereocenters. The Morgan fingerprint density at radius 1 is 1.12 bits per heavy atom. The smallest absolute Gasteiger partial charge is 0.335 e. The van der Waals surface area contributed by atoms with E-state index >= 15 is 0 Å². The molecule has 34 heavy (non-hydrogen) atoms. The fourth-order valence-electron chi connectivity index (χ4n) is 7.79. The molecule has 2 aromatic rings. The summed E-state index contributed by atoms with van der Waals surface area (Å²) in [6.45, 7) is 0.970. The number of hydrogen-bond acceptors (Lipinski definition) is 4. The van der Waals surface area contributed by atoms with Crippen molar-refractivity contribution in [2.75, 3.05) is 11.9 Å². The highest BCUT2D eigenvalue weighted by Crippen LogP contribution is 2.61. The van der Waals surface area contributed by atoms with Crippen LogP contribution >= 0.6 is 0 Å². The summed E-state index contributed by atoms with van der Waals surface area (Å²) < 4.78 is 0. The molecule has 4 N–H and O–H groups in total. The Labute approximate surface area is 200 Å². The number of aromatic carboxylic acids is 1. The van der Waals surface area contributed by atoms with Crippen molar-refractivity contribution in [2.45, 2.75) is 70.3 Å². The van der Waals surface area contributed by atoms with E-state index in [2.05, 4.69) is 15.6 Å². The monoisotopic (exact) mass is 462 g/mol. The molecule has 7 nitrogen and oxygen atoms in total. The SMILES string of the molecule is O=C(O)c1cccc(NC(=O)c2nc(C3CCCN3)[nH]c2CCC23CC4CC(CC(C4)C2)C3)c1. The van der Waals surface area contributed by atoms with Crippen LogP contribution in [0.5, 0.6) is 0 Å². The van der Waals surface area contributed by atoms with Gasteiger partial charge in [0.2, 0.25) is 0 Å². The van der Waals surface area contributed by atoms with E-state index in [1.165, 1.54) is 50.7 Å². The molecular weight excluding hydrogens is 428 g/mol. The topological polar surface area (TPSA) is 107 Å². The summed E-state index contributed by atoms with van der Waals surface area (Å²) >= 11 is 0. The molecule has 2 heterocycles. The van der Waals surface area contributed by atoms with Crippen LogP contribution in [0.4, 0.5) is 5.69 Å². The lowest BCUT2D eigenvalue weighted by Gasteiger charge is -2.57. The van der Waals surface area contributed by atoms with Crippen LogP contribution in [0.25, 0.3) is 0 Å². The van der Waals surface area contributed by atoms with Gasteiger partial charge < -0.3 is 20.7 Å².